The Labute approximate surface area is 109 Å². The molecular formula is C14H24N2O2. The summed E-state index contributed by atoms with van der Waals surface area (Å²) in [7, 11) is 0. The first kappa shape index (κ1) is 12.3. The molecule has 0 N–H and O–H groups in total. The lowest BCUT2D eigenvalue weighted by Crippen LogP contribution is -2.57. The molecule has 2 saturated heterocycles. The molecule has 0 aromatic rings. The van der Waals surface area contributed by atoms with E-state index in [1.807, 2.05) is 25.7 Å². The molecular weight excluding hydrogens is 228 g/mol. The van der Waals surface area contributed by atoms with Crippen LogP contribution in [-0.2, 0) is 4.74 Å². The average molecular weight is 252 g/mol. The van der Waals surface area contributed by atoms with Gasteiger partial charge in [0.05, 0.1) is 0 Å². The largest absolute Gasteiger partial charge is 0.444 e. The summed E-state index contributed by atoms with van der Waals surface area (Å²) in [4.78, 5) is 16.9. The summed E-state index contributed by atoms with van der Waals surface area (Å²) >= 11 is 0. The van der Waals surface area contributed by atoms with Crippen molar-refractivity contribution >= 4 is 6.09 Å². The van der Waals surface area contributed by atoms with Crippen molar-refractivity contribution in [3.63, 3.8) is 0 Å². The summed E-state index contributed by atoms with van der Waals surface area (Å²) in [5, 5.41) is 0. The summed E-state index contributed by atoms with van der Waals surface area (Å²) in [6.45, 7) is 7.93. The first-order valence-corrected chi connectivity index (χ1v) is 7.19. The Balaban J connectivity index is 1.66. The molecule has 2 atom stereocenters. The number of ether oxygens (including phenoxy) is 1. The SMILES string of the molecule is CC(C)(C)OC(=O)N1C2CCC1CN(C1CC1)C2. The second kappa shape index (κ2) is 4.12. The van der Waals surface area contributed by atoms with E-state index >= 15 is 0 Å². The number of fused-ring (bicyclic) bond motifs is 2. The van der Waals surface area contributed by atoms with Gasteiger partial charge in [-0.15, -0.1) is 0 Å². The first-order valence-electron chi connectivity index (χ1n) is 7.19. The minimum absolute atomic E-state index is 0.106. The number of carbonyl (C=O) groups excluding carboxylic acids is 1. The van der Waals surface area contributed by atoms with Crippen LogP contribution in [0.1, 0.15) is 46.5 Å². The van der Waals surface area contributed by atoms with Crippen molar-refractivity contribution in [2.75, 3.05) is 13.1 Å². The maximum Gasteiger partial charge on any atom is 0.410 e. The standard InChI is InChI=1S/C14H24N2O2/c1-14(2,3)18-13(17)16-11-6-7-12(16)9-15(8-11)10-4-5-10/h10-12H,4-9H2,1-3H3. The monoisotopic (exact) mass is 252 g/mol. The van der Waals surface area contributed by atoms with Gasteiger partial charge in [0.1, 0.15) is 5.60 Å². The summed E-state index contributed by atoms with van der Waals surface area (Å²) < 4.78 is 5.54. The summed E-state index contributed by atoms with van der Waals surface area (Å²) in [6.07, 6.45) is 4.89. The third kappa shape index (κ3) is 2.35. The Morgan fingerprint density at radius 3 is 1.94 bits per heavy atom. The summed E-state index contributed by atoms with van der Waals surface area (Å²) in [6, 6.07) is 1.59. The van der Waals surface area contributed by atoms with E-state index in [2.05, 4.69) is 4.90 Å². The van der Waals surface area contributed by atoms with E-state index in [1.54, 1.807) is 0 Å². The fraction of sp³-hybridized carbons (Fsp3) is 0.929. The minimum Gasteiger partial charge on any atom is -0.444 e. The maximum absolute atomic E-state index is 12.3. The molecule has 4 nitrogen and oxygen atoms in total. The van der Waals surface area contributed by atoms with Crippen LogP contribution in [0.25, 0.3) is 0 Å². The van der Waals surface area contributed by atoms with Gasteiger partial charge < -0.3 is 4.74 Å². The number of hydrogen-bond donors (Lipinski definition) is 0. The van der Waals surface area contributed by atoms with Crippen molar-refractivity contribution in [3.05, 3.63) is 0 Å². The molecule has 4 heteroatoms. The van der Waals surface area contributed by atoms with Crippen LogP contribution in [0.3, 0.4) is 0 Å². The number of likely N-dealkylation sites (tertiary alicyclic amines) is 1. The molecule has 0 radical (unpaired) electrons. The van der Waals surface area contributed by atoms with Crippen LogP contribution in [0.15, 0.2) is 0 Å². The Morgan fingerprint density at radius 2 is 1.50 bits per heavy atom. The van der Waals surface area contributed by atoms with Gasteiger partial charge in [-0.05, 0) is 46.5 Å². The van der Waals surface area contributed by atoms with Crippen molar-refractivity contribution < 1.29 is 9.53 Å². The third-order valence-electron chi connectivity index (χ3n) is 4.18. The highest BCUT2D eigenvalue weighted by atomic mass is 16.6. The molecule has 1 aliphatic carbocycles. The molecule has 102 valence electrons. The van der Waals surface area contributed by atoms with Crippen LogP contribution >= 0.6 is 0 Å². The van der Waals surface area contributed by atoms with Crippen molar-refractivity contribution in [2.45, 2.75) is 70.2 Å². The quantitative estimate of drug-likeness (QED) is 0.717. The Kier molecular flexibility index (Phi) is 2.81. The Hall–Kier alpha value is -0.770. The van der Waals surface area contributed by atoms with Crippen molar-refractivity contribution in [1.29, 1.82) is 0 Å². The number of rotatable bonds is 1. The van der Waals surface area contributed by atoms with Gasteiger partial charge in [-0.1, -0.05) is 0 Å². The summed E-state index contributed by atoms with van der Waals surface area (Å²) in [5.74, 6) is 0. The highest BCUT2D eigenvalue weighted by Crippen LogP contribution is 2.36. The molecule has 3 fully saturated rings. The van der Waals surface area contributed by atoms with Gasteiger partial charge in [0.25, 0.3) is 0 Å². The van der Waals surface area contributed by atoms with Crippen molar-refractivity contribution in [1.82, 2.24) is 9.80 Å². The number of amides is 1. The third-order valence-corrected chi connectivity index (χ3v) is 4.18. The van der Waals surface area contributed by atoms with Gasteiger partial charge >= 0.3 is 6.09 Å². The fourth-order valence-electron chi connectivity index (χ4n) is 3.29. The molecule has 0 spiro atoms. The molecule has 1 amide bonds. The minimum atomic E-state index is -0.385. The van der Waals surface area contributed by atoms with Crippen LogP contribution in [0.2, 0.25) is 0 Å². The average Bonchev–Trinajstić information content (AvgIpc) is 3.02. The zero-order valence-electron chi connectivity index (χ0n) is 11.7. The topological polar surface area (TPSA) is 32.8 Å². The molecule has 2 heterocycles. The predicted octanol–water partition coefficient (Wildman–Crippen LogP) is 2.23. The van der Waals surface area contributed by atoms with Crippen LogP contribution in [0, 0.1) is 0 Å². The molecule has 2 aliphatic heterocycles. The van der Waals surface area contributed by atoms with Crippen LogP contribution in [0.5, 0.6) is 0 Å². The molecule has 0 aromatic heterocycles. The van der Waals surface area contributed by atoms with Gasteiger partial charge in [0.2, 0.25) is 0 Å². The lowest BCUT2D eigenvalue weighted by atomic mass is 10.2. The predicted molar refractivity (Wildman–Crippen MR) is 69.5 cm³/mol. The zero-order valence-corrected chi connectivity index (χ0v) is 11.7. The maximum atomic E-state index is 12.3. The second-order valence-electron chi connectivity index (χ2n) is 6.96. The molecule has 2 bridgehead atoms. The first-order chi connectivity index (χ1) is 8.44. The number of hydrogen-bond acceptors (Lipinski definition) is 3. The molecule has 1 saturated carbocycles. The smallest absolute Gasteiger partial charge is 0.410 e. The molecule has 3 aliphatic rings. The van der Waals surface area contributed by atoms with Gasteiger partial charge in [-0.25, -0.2) is 4.79 Å². The van der Waals surface area contributed by atoms with E-state index in [9.17, 15) is 4.79 Å². The molecule has 2 unspecified atom stereocenters. The zero-order chi connectivity index (χ0) is 12.9. The van der Waals surface area contributed by atoms with Crippen LogP contribution < -0.4 is 0 Å². The van der Waals surface area contributed by atoms with Crippen LogP contribution in [0.4, 0.5) is 4.79 Å². The van der Waals surface area contributed by atoms with E-state index in [0.29, 0.717) is 12.1 Å². The van der Waals surface area contributed by atoms with Crippen molar-refractivity contribution in [2.24, 2.45) is 0 Å². The molecule has 0 aromatic carbocycles. The van der Waals surface area contributed by atoms with Crippen molar-refractivity contribution in [3.8, 4) is 0 Å². The van der Waals surface area contributed by atoms with E-state index in [1.165, 1.54) is 12.8 Å². The van der Waals surface area contributed by atoms with Gasteiger partial charge in [0, 0.05) is 31.2 Å². The highest BCUT2D eigenvalue weighted by molar-refractivity contribution is 5.69. The lowest BCUT2D eigenvalue weighted by Gasteiger charge is -2.41. The normalized spacial score (nSPS) is 32.7. The van der Waals surface area contributed by atoms with Gasteiger partial charge in [-0.3, -0.25) is 9.80 Å². The van der Waals surface area contributed by atoms with E-state index in [0.717, 1.165) is 32.0 Å². The van der Waals surface area contributed by atoms with Crippen LogP contribution in [-0.4, -0.2) is 52.7 Å². The van der Waals surface area contributed by atoms with E-state index in [-0.39, 0.29) is 11.7 Å². The number of piperazine rings is 1. The van der Waals surface area contributed by atoms with Gasteiger partial charge in [-0.2, -0.15) is 0 Å². The fourth-order valence-corrected chi connectivity index (χ4v) is 3.29. The Bertz CT molecular complexity index is 332. The number of carbonyl (C=O) groups is 1. The lowest BCUT2D eigenvalue weighted by molar-refractivity contribution is -0.00552. The van der Waals surface area contributed by atoms with E-state index in [4.69, 9.17) is 4.74 Å². The summed E-state index contributed by atoms with van der Waals surface area (Å²) in [5.41, 5.74) is -0.385. The van der Waals surface area contributed by atoms with Gasteiger partial charge in [0.15, 0.2) is 0 Å². The highest BCUT2D eigenvalue weighted by Gasteiger charge is 2.46. The van der Waals surface area contributed by atoms with E-state index < -0.39 is 0 Å². The second-order valence-corrected chi connectivity index (χ2v) is 6.96. The number of nitrogens with zero attached hydrogens (tertiary/aromatic N) is 2. The molecule has 18 heavy (non-hydrogen) atoms. The Morgan fingerprint density at radius 1 is 1.00 bits per heavy atom. The molecule has 3 rings (SSSR count).